The molecule has 3 nitrogen and oxygen atoms in total. The lowest BCUT2D eigenvalue weighted by Crippen LogP contribution is -2.44. The van der Waals surface area contributed by atoms with E-state index in [0.29, 0.717) is 0 Å². The summed E-state index contributed by atoms with van der Waals surface area (Å²) >= 11 is 0. The SMILES string of the molecule is Cc1ccc(NC2CCCNC2=O)cc1. The van der Waals surface area contributed by atoms with E-state index in [1.807, 2.05) is 24.3 Å². The van der Waals surface area contributed by atoms with Crippen LogP contribution in [0.25, 0.3) is 0 Å². The highest BCUT2D eigenvalue weighted by atomic mass is 16.2. The van der Waals surface area contributed by atoms with Gasteiger partial charge in [-0.1, -0.05) is 17.7 Å². The van der Waals surface area contributed by atoms with Crippen molar-refractivity contribution in [3.8, 4) is 0 Å². The Labute approximate surface area is 89.9 Å². The summed E-state index contributed by atoms with van der Waals surface area (Å²) in [5, 5.41) is 6.11. The fourth-order valence-corrected chi connectivity index (χ4v) is 1.76. The minimum Gasteiger partial charge on any atom is -0.374 e. The number of carbonyl (C=O) groups excluding carboxylic acids is 1. The summed E-state index contributed by atoms with van der Waals surface area (Å²) < 4.78 is 0. The summed E-state index contributed by atoms with van der Waals surface area (Å²) in [6.45, 7) is 2.86. The molecule has 0 bridgehead atoms. The number of nitrogens with one attached hydrogen (secondary N) is 2. The number of amides is 1. The third-order valence-electron chi connectivity index (χ3n) is 2.68. The maximum atomic E-state index is 11.5. The summed E-state index contributed by atoms with van der Waals surface area (Å²) in [6.07, 6.45) is 1.97. The minimum atomic E-state index is -0.0681. The second-order valence-electron chi connectivity index (χ2n) is 4.00. The molecule has 1 unspecified atom stereocenters. The van der Waals surface area contributed by atoms with Gasteiger partial charge < -0.3 is 10.6 Å². The number of anilines is 1. The Morgan fingerprint density at radius 3 is 2.73 bits per heavy atom. The molecule has 0 aromatic heterocycles. The van der Waals surface area contributed by atoms with Gasteiger partial charge in [-0.25, -0.2) is 0 Å². The predicted octanol–water partition coefficient (Wildman–Crippen LogP) is 1.69. The second-order valence-corrected chi connectivity index (χ2v) is 4.00. The molecular formula is C12H16N2O. The smallest absolute Gasteiger partial charge is 0.242 e. The molecule has 1 fully saturated rings. The van der Waals surface area contributed by atoms with Gasteiger partial charge in [0.25, 0.3) is 0 Å². The normalized spacial score (nSPS) is 20.9. The van der Waals surface area contributed by atoms with Crippen LogP contribution in [0.5, 0.6) is 0 Å². The van der Waals surface area contributed by atoms with Crippen LogP contribution < -0.4 is 10.6 Å². The van der Waals surface area contributed by atoms with Crippen molar-refractivity contribution in [2.45, 2.75) is 25.8 Å². The molecule has 1 aliphatic heterocycles. The van der Waals surface area contributed by atoms with Gasteiger partial charge in [0.2, 0.25) is 5.91 Å². The number of carbonyl (C=O) groups is 1. The Bertz CT molecular complexity index is 345. The lowest BCUT2D eigenvalue weighted by Gasteiger charge is -2.23. The summed E-state index contributed by atoms with van der Waals surface area (Å²) in [4.78, 5) is 11.5. The van der Waals surface area contributed by atoms with E-state index in [2.05, 4.69) is 17.6 Å². The van der Waals surface area contributed by atoms with Gasteiger partial charge in [0.1, 0.15) is 6.04 Å². The largest absolute Gasteiger partial charge is 0.374 e. The van der Waals surface area contributed by atoms with Crippen LogP contribution in [0.3, 0.4) is 0 Å². The number of aryl methyl sites for hydroxylation is 1. The Morgan fingerprint density at radius 2 is 2.07 bits per heavy atom. The van der Waals surface area contributed by atoms with Crippen molar-refractivity contribution in [3.63, 3.8) is 0 Å². The van der Waals surface area contributed by atoms with E-state index < -0.39 is 0 Å². The molecule has 0 radical (unpaired) electrons. The third kappa shape index (κ3) is 2.49. The Balaban J connectivity index is 2.01. The molecule has 1 saturated heterocycles. The van der Waals surface area contributed by atoms with Gasteiger partial charge in [-0.2, -0.15) is 0 Å². The lowest BCUT2D eigenvalue weighted by atomic mass is 10.1. The highest BCUT2D eigenvalue weighted by Crippen LogP contribution is 2.13. The molecule has 1 amide bonds. The molecule has 1 aromatic rings. The molecule has 80 valence electrons. The summed E-state index contributed by atoms with van der Waals surface area (Å²) in [5.74, 6) is 0.113. The number of piperidine rings is 1. The number of benzene rings is 1. The maximum absolute atomic E-state index is 11.5. The van der Waals surface area contributed by atoms with Crippen molar-refractivity contribution in [2.24, 2.45) is 0 Å². The molecule has 1 aromatic carbocycles. The summed E-state index contributed by atoms with van der Waals surface area (Å²) in [7, 11) is 0. The molecule has 1 atom stereocenters. The standard InChI is InChI=1S/C12H16N2O/c1-9-4-6-10(7-5-9)14-11-3-2-8-13-12(11)15/h4-7,11,14H,2-3,8H2,1H3,(H,13,15). The van der Waals surface area contributed by atoms with Gasteiger partial charge in [-0.3, -0.25) is 4.79 Å². The van der Waals surface area contributed by atoms with Gasteiger partial charge in [0.05, 0.1) is 0 Å². The Hall–Kier alpha value is -1.51. The molecule has 0 saturated carbocycles. The Kier molecular flexibility index (Phi) is 2.90. The van der Waals surface area contributed by atoms with E-state index in [-0.39, 0.29) is 11.9 Å². The first kappa shape index (κ1) is 10.0. The fourth-order valence-electron chi connectivity index (χ4n) is 1.76. The topological polar surface area (TPSA) is 41.1 Å². The highest BCUT2D eigenvalue weighted by molar-refractivity contribution is 5.85. The number of hydrogen-bond acceptors (Lipinski definition) is 2. The fraction of sp³-hybridized carbons (Fsp3) is 0.417. The van der Waals surface area contributed by atoms with Crippen molar-refractivity contribution < 1.29 is 4.79 Å². The lowest BCUT2D eigenvalue weighted by molar-refractivity contribution is -0.123. The molecule has 15 heavy (non-hydrogen) atoms. The quantitative estimate of drug-likeness (QED) is 0.769. The van der Waals surface area contributed by atoms with E-state index in [9.17, 15) is 4.79 Å². The average Bonchev–Trinajstić information content (AvgIpc) is 2.25. The number of hydrogen-bond donors (Lipinski definition) is 2. The zero-order valence-electron chi connectivity index (χ0n) is 8.92. The van der Waals surface area contributed by atoms with Gasteiger partial charge in [0.15, 0.2) is 0 Å². The summed E-state index contributed by atoms with van der Waals surface area (Å²) in [6, 6.07) is 8.04. The van der Waals surface area contributed by atoms with Crippen molar-refractivity contribution in [1.29, 1.82) is 0 Å². The van der Waals surface area contributed by atoms with Gasteiger partial charge >= 0.3 is 0 Å². The molecule has 0 spiro atoms. The van der Waals surface area contributed by atoms with Gasteiger partial charge in [0, 0.05) is 12.2 Å². The van der Waals surface area contributed by atoms with Crippen LogP contribution in [0, 0.1) is 6.92 Å². The van der Waals surface area contributed by atoms with E-state index in [0.717, 1.165) is 25.1 Å². The second kappa shape index (κ2) is 4.34. The zero-order chi connectivity index (χ0) is 10.7. The summed E-state index contributed by atoms with van der Waals surface area (Å²) in [5.41, 5.74) is 2.25. The average molecular weight is 204 g/mol. The van der Waals surface area contributed by atoms with E-state index >= 15 is 0 Å². The molecule has 2 rings (SSSR count). The molecule has 1 heterocycles. The molecule has 2 N–H and O–H groups in total. The maximum Gasteiger partial charge on any atom is 0.242 e. The highest BCUT2D eigenvalue weighted by Gasteiger charge is 2.21. The predicted molar refractivity (Wildman–Crippen MR) is 60.8 cm³/mol. The first-order chi connectivity index (χ1) is 7.25. The van der Waals surface area contributed by atoms with Crippen LogP contribution in [-0.4, -0.2) is 18.5 Å². The van der Waals surface area contributed by atoms with Crippen LogP contribution in [0.15, 0.2) is 24.3 Å². The third-order valence-corrected chi connectivity index (χ3v) is 2.68. The molecule has 0 aliphatic carbocycles. The van der Waals surface area contributed by atoms with Crippen molar-refractivity contribution >= 4 is 11.6 Å². The zero-order valence-corrected chi connectivity index (χ0v) is 8.92. The van der Waals surface area contributed by atoms with E-state index in [1.54, 1.807) is 0 Å². The van der Waals surface area contributed by atoms with Crippen molar-refractivity contribution in [1.82, 2.24) is 5.32 Å². The monoisotopic (exact) mass is 204 g/mol. The first-order valence-corrected chi connectivity index (χ1v) is 5.36. The van der Waals surface area contributed by atoms with Crippen LogP contribution in [0.2, 0.25) is 0 Å². The van der Waals surface area contributed by atoms with Gasteiger partial charge in [-0.15, -0.1) is 0 Å². The van der Waals surface area contributed by atoms with E-state index in [4.69, 9.17) is 0 Å². The van der Waals surface area contributed by atoms with Gasteiger partial charge in [-0.05, 0) is 31.9 Å². The minimum absolute atomic E-state index is 0.0681. The van der Waals surface area contributed by atoms with Crippen LogP contribution in [0.1, 0.15) is 18.4 Å². The molecule has 3 heteroatoms. The van der Waals surface area contributed by atoms with Crippen LogP contribution in [0.4, 0.5) is 5.69 Å². The molecular weight excluding hydrogens is 188 g/mol. The van der Waals surface area contributed by atoms with Crippen LogP contribution in [-0.2, 0) is 4.79 Å². The first-order valence-electron chi connectivity index (χ1n) is 5.36. The number of rotatable bonds is 2. The van der Waals surface area contributed by atoms with Crippen molar-refractivity contribution in [2.75, 3.05) is 11.9 Å². The van der Waals surface area contributed by atoms with Crippen molar-refractivity contribution in [3.05, 3.63) is 29.8 Å². The van der Waals surface area contributed by atoms with Crippen LogP contribution >= 0.6 is 0 Å². The van der Waals surface area contributed by atoms with E-state index in [1.165, 1.54) is 5.56 Å². The molecule has 1 aliphatic rings. The Morgan fingerprint density at radius 1 is 1.33 bits per heavy atom.